The maximum atomic E-state index is 14.8. The van der Waals surface area contributed by atoms with Gasteiger partial charge in [0.1, 0.15) is 11.6 Å². The first-order valence-electron chi connectivity index (χ1n) is 8.09. The molecule has 3 rings (SSSR count). The van der Waals surface area contributed by atoms with Gasteiger partial charge in [0.25, 0.3) is 0 Å². The van der Waals surface area contributed by atoms with Gasteiger partial charge in [-0.15, -0.1) is 0 Å². The quantitative estimate of drug-likeness (QED) is 0.740. The van der Waals surface area contributed by atoms with E-state index in [0.29, 0.717) is 0 Å². The van der Waals surface area contributed by atoms with Gasteiger partial charge < -0.3 is 15.2 Å². The number of rotatable bonds is 3. The number of amides is 1. The van der Waals surface area contributed by atoms with Crippen molar-refractivity contribution < 1.29 is 28.2 Å². The largest absolute Gasteiger partial charge is 0.466 e. The summed E-state index contributed by atoms with van der Waals surface area (Å²) in [5.41, 5.74) is 5.64. The maximum absolute atomic E-state index is 14.8. The third-order valence-corrected chi connectivity index (χ3v) is 5.99. The monoisotopic (exact) mass is 426 g/mol. The van der Waals surface area contributed by atoms with Crippen LogP contribution in [0.2, 0.25) is 5.02 Å². The summed E-state index contributed by atoms with van der Waals surface area (Å²) in [5.74, 6) is -4.46. The summed E-state index contributed by atoms with van der Waals surface area (Å²) in [6, 6.07) is 3.96. The number of hydrogen-bond acceptors (Lipinski definition) is 7. The SMILES string of the molecule is COC(=O)C1=C(N)N2C(=O)C(C)SC2=C(C(=O)OC)C1c1c(F)cccc1Cl. The number of esters is 2. The molecule has 10 heteroatoms. The lowest BCUT2D eigenvalue weighted by Crippen LogP contribution is -2.40. The lowest BCUT2D eigenvalue weighted by Gasteiger charge is -2.33. The average molecular weight is 427 g/mol. The molecule has 2 atom stereocenters. The highest BCUT2D eigenvalue weighted by Gasteiger charge is 2.49. The number of fused-ring (bicyclic) bond motifs is 1. The zero-order valence-electron chi connectivity index (χ0n) is 15.1. The zero-order chi connectivity index (χ0) is 20.7. The van der Waals surface area contributed by atoms with Crippen LogP contribution in [0.4, 0.5) is 4.39 Å². The van der Waals surface area contributed by atoms with Gasteiger partial charge in [0.2, 0.25) is 5.91 Å². The van der Waals surface area contributed by atoms with Crippen LogP contribution in [-0.2, 0) is 23.9 Å². The van der Waals surface area contributed by atoms with E-state index in [1.54, 1.807) is 6.92 Å². The Kier molecular flexibility index (Phi) is 5.40. The molecular formula is C18H16ClFN2O5S. The van der Waals surface area contributed by atoms with E-state index in [1.165, 1.54) is 12.1 Å². The number of nitrogens with zero attached hydrogens (tertiary/aromatic N) is 1. The van der Waals surface area contributed by atoms with Gasteiger partial charge in [-0.2, -0.15) is 0 Å². The van der Waals surface area contributed by atoms with Gasteiger partial charge >= 0.3 is 11.9 Å². The maximum Gasteiger partial charge on any atom is 0.338 e. The van der Waals surface area contributed by atoms with Gasteiger partial charge in [-0.3, -0.25) is 9.69 Å². The summed E-state index contributed by atoms with van der Waals surface area (Å²) in [4.78, 5) is 38.9. The van der Waals surface area contributed by atoms with Crippen molar-refractivity contribution in [3.05, 3.63) is 56.6 Å². The van der Waals surface area contributed by atoms with Crippen molar-refractivity contribution in [2.75, 3.05) is 14.2 Å². The highest BCUT2D eigenvalue weighted by atomic mass is 35.5. The molecule has 0 saturated carbocycles. The van der Waals surface area contributed by atoms with Gasteiger partial charge in [-0.25, -0.2) is 14.0 Å². The van der Waals surface area contributed by atoms with E-state index >= 15 is 0 Å². The van der Waals surface area contributed by atoms with Crippen LogP contribution < -0.4 is 5.73 Å². The predicted octanol–water partition coefficient (Wildman–Crippen LogP) is 2.27. The number of methoxy groups -OCH3 is 2. The topological polar surface area (TPSA) is 98.9 Å². The molecule has 1 amide bonds. The van der Waals surface area contributed by atoms with E-state index in [4.69, 9.17) is 26.8 Å². The first-order chi connectivity index (χ1) is 13.2. The highest BCUT2D eigenvalue weighted by molar-refractivity contribution is 8.04. The fourth-order valence-corrected chi connectivity index (χ4v) is 4.66. The second kappa shape index (κ2) is 7.48. The lowest BCUT2D eigenvalue weighted by molar-refractivity contribution is -0.137. The number of thioether (sulfide) groups is 1. The molecule has 148 valence electrons. The lowest BCUT2D eigenvalue weighted by atomic mass is 9.82. The Morgan fingerprint density at radius 3 is 2.39 bits per heavy atom. The Labute approximate surface area is 169 Å². The van der Waals surface area contributed by atoms with Gasteiger partial charge in [0, 0.05) is 10.6 Å². The van der Waals surface area contributed by atoms with E-state index in [-0.39, 0.29) is 32.6 Å². The highest BCUT2D eigenvalue weighted by Crippen LogP contribution is 2.51. The molecule has 2 heterocycles. The van der Waals surface area contributed by atoms with Gasteiger partial charge in [0.15, 0.2) is 0 Å². The van der Waals surface area contributed by atoms with Crippen LogP contribution in [0, 0.1) is 5.82 Å². The summed E-state index contributed by atoms with van der Waals surface area (Å²) < 4.78 is 24.4. The van der Waals surface area contributed by atoms with Crippen LogP contribution in [0.3, 0.4) is 0 Å². The van der Waals surface area contributed by atoms with Crippen LogP contribution >= 0.6 is 23.4 Å². The molecule has 1 aromatic rings. The number of carbonyl (C=O) groups excluding carboxylic acids is 3. The van der Waals surface area contributed by atoms with Gasteiger partial charge in [-0.05, 0) is 19.1 Å². The average Bonchev–Trinajstić information content (AvgIpc) is 2.95. The summed E-state index contributed by atoms with van der Waals surface area (Å²) in [6.45, 7) is 1.63. The normalized spacial score (nSPS) is 21.8. The summed E-state index contributed by atoms with van der Waals surface area (Å²) in [5, 5.41) is -0.405. The van der Waals surface area contributed by atoms with Crippen molar-refractivity contribution in [3.63, 3.8) is 0 Å². The summed E-state index contributed by atoms with van der Waals surface area (Å²) >= 11 is 7.29. The minimum Gasteiger partial charge on any atom is -0.466 e. The smallest absolute Gasteiger partial charge is 0.338 e. The standard InChI is InChI=1S/C18H16ClFN2O5S/c1-7-15(23)22-14(21)12(17(24)26-2)11(10-8(19)5-4-6-9(10)20)13(16(22)28-7)18(25)27-3/h4-7,11H,21H2,1-3H3. The number of carbonyl (C=O) groups is 3. The van der Waals surface area contributed by atoms with Crippen molar-refractivity contribution in [1.29, 1.82) is 0 Å². The Balaban J connectivity index is 2.41. The van der Waals surface area contributed by atoms with E-state index in [9.17, 15) is 18.8 Å². The molecule has 1 saturated heterocycles. The van der Waals surface area contributed by atoms with Crippen LogP contribution in [0.25, 0.3) is 0 Å². The molecule has 0 radical (unpaired) electrons. The second-order valence-electron chi connectivity index (χ2n) is 6.00. The molecule has 2 unspecified atom stereocenters. The molecule has 0 aliphatic carbocycles. The first-order valence-corrected chi connectivity index (χ1v) is 9.35. The molecular weight excluding hydrogens is 411 g/mol. The fourth-order valence-electron chi connectivity index (χ4n) is 3.22. The number of halogens is 2. The first kappa shape index (κ1) is 20.2. The number of benzene rings is 1. The zero-order valence-corrected chi connectivity index (χ0v) is 16.7. The Morgan fingerprint density at radius 1 is 1.21 bits per heavy atom. The summed E-state index contributed by atoms with van der Waals surface area (Å²) in [6.07, 6.45) is 0. The van der Waals surface area contributed by atoms with E-state index < -0.39 is 34.8 Å². The molecule has 2 N–H and O–H groups in total. The van der Waals surface area contributed by atoms with Crippen molar-refractivity contribution >= 4 is 41.2 Å². The molecule has 1 fully saturated rings. The van der Waals surface area contributed by atoms with Gasteiger partial charge in [-0.1, -0.05) is 29.4 Å². The molecule has 0 spiro atoms. The van der Waals surface area contributed by atoms with Crippen molar-refractivity contribution in [1.82, 2.24) is 4.90 Å². The molecule has 0 aromatic heterocycles. The van der Waals surface area contributed by atoms with Crippen LogP contribution in [0.1, 0.15) is 18.4 Å². The van der Waals surface area contributed by atoms with Crippen LogP contribution in [0.15, 0.2) is 40.2 Å². The summed E-state index contributed by atoms with van der Waals surface area (Å²) in [7, 11) is 2.26. The Hall–Kier alpha value is -2.52. The fraction of sp³-hybridized carbons (Fsp3) is 0.278. The third kappa shape index (κ3) is 2.94. The van der Waals surface area contributed by atoms with Crippen molar-refractivity contribution in [2.24, 2.45) is 5.73 Å². The molecule has 7 nitrogen and oxygen atoms in total. The molecule has 2 aliphatic rings. The van der Waals surface area contributed by atoms with E-state index in [0.717, 1.165) is 36.9 Å². The van der Waals surface area contributed by atoms with E-state index in [2.05, 4.69) is 0 Å². The molecule has 28 heavy (non-hydrogen) atoms. The Morgan fingerprint density at radius 2 is 1.82 bits per heavy atom. The van der Waals surface area contributed by atoms with Crippen LogP contribution in [0.5, 0.6) is 0 Å². The van der Waals surface area contributed by atoms with Crippen molar-refractivity contribution in [2.45, 2.75) is 18.1 Å². The molecule has 1 aromatic carbocycles. The second-order valence-corrected chi connectivity index (χ2v) is 7.74. The van der Waals surface area contributed by atoms with E-state index in [1.807, 2.05) is 0 Å². The predicted molar refractivity (Wildman–Crippen MR) is 100 cm³/mol. The number of nitrogens with two attached hydrogens (primary N) is 1. The van der Waals surface area contributed by atoms with Crippen molar-refractivity contribution in [3.8, 4) is 0 Å². The molecule has 2 aliphatic heterocycles. The number of hydrogen-bond donors (Lipinski definition) is 1. The van der Waals surface area contributed by atoms with Crippen LogP contribution in [-0.4, -0.2) is 42.2 Å². The number of ether oxygens (including phenoxy) is 2. The Bertz CT molecular complexity index is 941. The third-order valence-electron chi connectivity index (χ3n) is 4.48. The minimum absolute atomic E-state index is 0.0166. The van der Waals surface area contributed by atoms with Gasteiger partial charge in [0.05, 0.1) is 41.6 Å². The molecule has 0 bridgehead atoms. The minimum atomic E-state index is -1.30.